The summed E-state index contributed by atoms with van der Waals surface area (Å²) in [6.07, 6.45) is 2.41. The molecule has 2 rings (SSSR count). The van der Waals surface area contributed by atoms with E-state index in [1.54, 1.807) is 6.33 Å². The van der Waals surface area contributed by atoms with Gasteiger partial charge in [0.2, 0.25) is 0 Å². The van der Waals surface area contributed by atoms with Crippen molar-refractivity contribution in [1.82, 2.24) is 9.55 Å². The molecule has 0 atom stereocenters. The van der Waals surface area contributed by atoms with E-state index in [2.05, 4.69) is 4.98 Å². The zero-order chi connectivity index (χ0) is 11.4. The van der Waals surface area contributed by atoms with Crippen molar-refractivity contribution >= 4 is 11.0 Å². The van der Waals surface area contributed by atoms with E-state index in [0.717, 1.165) is 16.6 Å². The molecule has 1 aromatic carbocycles. The van der Waals surface area contributed by atoms with Crippen LogP contribution in [-0.2, 0) is 13.5 Å². The Bertz CT molecular complexity index is 446. The number of benzene rings is 1. The molecule has 0 aliphatic carbocycles. The van der Waals surface area contributed by atoms with Gasteiger partial charge >= 0.3 is 0 Å². The molecule has 2 aromatic rings. The summed E-state index contributed by atoms with van der Waals surface area (Å²) in [4.78, 5) is 4.08. The Morgan fingerprint density at radius 2 is 2.00 bits per heavy atom. The highest BCUT2D eigenvalue weighted by Gasteiger charge is 2.05. The van der Waals surface area contributed by atoms with Gasteiger partial charge in [0.1, 0.15) is 5.82 Å². The van der Waals surface area contributed by atoms with Gasteiger partial charge in [-0.05, 0) is 18.1 Å². The van der Waals surface area contributed by atoms with E-state index < -0.39 is 0 Å². The Hall–Kier alpha value is -1.38. The summed E-state index contributed by atoms with van der Waals surface area (Å²) in [5.41, 5.74) is 2.45. The maximum atomic E-state index is 13.3. The van der Waals surface area contributed by atoms with E-state index in [1.807, 2.05) is 38.5 Å². The maximum Gasteiger partial charge on any atom is 0.128 e. The van der Waals surface area contributed by atoms with E-state index in [1.165, 1.54) is 6.07 Å². The molecule has 0 radical (unpaired) electrons. The SMILES string of the molecule is CC.CCc1cc2c(cc1F)ncn2C. The molecule has 0 fully saturated rings. The number of fused-ring (bicyclic) bond motifs is 1. The molecule has 0 aliphatic rings. The maximum absolute atomic E-state index is 13.3. The molecule has 3 heteroatoms. The average Bonchev–Trinajstić information content (AvgIpc) is 2.61. The lowest BCUT2D eigenvalue weighted by atomic mass is 10.1. The van der Waals surface area contributed by atoms with Crippen LogP contribution in [0.25, 0.3) is 11.0 Å². The Morgan fingerprint density at radius 3 is 2.60 bits per heavy atom. The van der Waals surface area contributed by atoms with Crippen LogP contribution in [0.15, 0.2) is 18.5 Å². The molecule has 0 N–H and O–H groups in total. The van der Waals surface area contributed by atoms with E-state index in [-0.39, 0.29) is 5.82 Å². The predicted molar refractivity (Wildman–Crippen MR) is 61.4 cm³/mol. The standard InChI is InChI=1S/C10H11FN2.C2H6/c1-3-7-4-10-9(5-8(7)11)12-6-13(10)2;1-2/h4-6H,3H2,1-2H3;1-2H3. The first-order valence-corrected chi connectivity index (χ1v) is 5.32. The number of hydrogen-bond acceptors (Lipinski definition) is 1. The molecule has 1 aromatic heterocycles. The van der Waals surface area contributed by atoms with E-state index in [0.29, 0.717) is 6.42 Å². The molecule has 82 valence electrons. The lowest BCUT2D eigenvalue weighted by molar-refractivity contribution is 0.614. The monoisotopic (exact) mass is 208 g/mol. The Balaban J connectivity index is 0.000000531. The molecule has 0 aliphatic heterocycles. The molecular formula is C12H17FN2. The quantitative estimate of drug-likeness (QED) is 0.703. The van der Waals surface area contributed by atoms with Crippen LogP contribution < -0.4 is 0 Å². The van der Waals surface area contributed by atoms with Crippen molar-refractivity contribution in [3.8, 4) is 0 Å². The largest absolute Gasteiger partial charge is 0.334 e. The van der Waals surface area contributed by atoms with Gasteiger partial charge < -0.3 is 4.57 Å². The average molecular weight is 208 g/mol. The summed E-state index contributed by atoms with van der Waals surface area (Å²) >= 11 is 0. The number of rotatable bonds is 1. The normalized spacial score (nSPS) is 9.93. The van der Waals surface area contributed by atoms with Crippen LogP contribution in [0.1, 0.15) is 26.3 Å². The third-order valence-electron chi connectivity index (χ3n) is 2.27. The second-order valence-corrected chi connectivity index (χ2v) is 3.14. The number of halogens is 1. The van der Waals surface area contributed by atoms with Crippen molar-refractivity contribution in [2.24, 2.45) is 7.05 Å². The second kappa shape index (κ2) is 4.91. The lowest BCUT2D eigenvalue weighted by Gasteiger charge is -2.00. The molecule has 0 amide bonds. The highest BCUT2D eigenvalue weighted by Crippen LogP contribution is 2.17. The summed E-state index contributed by atoms with van der Waals surface area (Å²) < 4.78 is 15.2. The van der Waals surface area contributed by atoms with Gasteiger partial charge in [-0.3, -0.25) is 0 Å². The first kappa shape index (κ1) is 11.7. The summed E-state index contributed by atoms with van der Waals surface area (Å²) in [7, 11) is 1.91. The molecule has 0 saturated heterocycles. The summed E-state index contributed by atoms with van der Waals surface area (Å²) in [5, 5.41) is 0. The number of aryl methyl sites for hydroxylation is 2. The zero-order valence-corrected chi connectivity index (χ0v) is 9.71. The lowest BCUT2D eigenvalue weighted by Crippen LogP contribution is -1.90. The van der Waals surface area contributed by atoms with Crippen LogP contribution >= 0.6 is 0 Å². The smallest absolute Gasteiger partial charge is 0.128 e. The fourth-order valence-corrected chi connectivity index (χ4v) is 1.46. The van der Waals surface area contributed by atoms with Crippen molar-refractivity contribution in [3.63, 3.8) is 0 Å². The van der Waals surface area contributed by atoms with Crippen molar-refractivity contribution in [2.45, 2.75) is 27.2 Å². The van der Waals surface area contributed by atoms with Crippen molar-refractivity contribution in [2.75, 3.05) is 0 Å². The topological polar surface area (TPSA) is 17.8 Å². The van der Waals surface area contributed by atoms with Gasteiger partial charge in [-0.1, -0.05) is 20.8 Å². The van der Waals surface area contributed by atoms with Crippen LogP contribution in [0.5, 0.6) is 0 Å². The first-order valence-electron chi connectivity index (χ1n) is 5.32. The van der Waals surface area contributed by atoms with Gasteiger partial charge in [-0.2, -0.15) is 0 Å². The van der Waals surface area contributed by atoms with Gasteiger partial charge in [-0.25, -0.2) is 9.37 Å². The number of hydrogen-bond donors (Lipinski definition) is 0. The third kappa shape index (κ3) is 2.17. The van der Waals surface area contributed by atoms with E-state index in [9.17, 15) is 4.39 Å². The van der Waals surface area contributed by atoms with Crippen molar-refractivity contribution in [3.05, 3.63) is 29.8 Å². The van der Waals surface area contributed by atoms with Gasteiger partial charge in [0.25, 0.3) is 0 Å². The van der Waals surface area contributed by atoms with Gasteiger partial charge in [0.15, 0.2) is 0 Å². The third-order valence-corrected chi connectivity index (χ3v) is 2.27. The summed E-state index contributed by atoms with van der Waals surface area (Å²) in [6, 6.07) is 3.35. The molecule has 0 saturated carbocycles. The Kier molecular flexibility index (Phi) is 3.83. The highest BCUT2D eigenvalue weighted by atomic mass is 19.1. The predicted octanol–water partition coefficient (Wildman–Crippen LogP) is 3.30. The molecular weight excluding hydrogens is 191 g/mol. The number of imidazole rings is 1. The van der Waals surface area contributed by atoms with Crippen LogP contribution in [-0.4, -0.2) is 9.55 Å². The molecule has 15 heavy (non-hydrogen) atoms. The molecule has 0 unspecified atom stereocenters. The van der Waals surface area contributed by atoms with Crippen LogP contribution in [0, 0.1) is 5.82 Å². The minimum atomic E-state index is -0.159. The minimum Gasteiger partial charge on any atom is -0.334 e. The number of nitrogens with zero attached hydrogens (tertiary/aromatic N) is 2. The first-order chi connectivity index (χ1) is 7.22. The zero-order valence-electron chi connectivity index (χ0n) is 9.71. The second-order valence-electron chi connectivity index (χ2n) is 3.14. The van der Waals surface area contributed by atoms with Crippen LogP contribution in [0.2, 0.25) is 0 Å². The fourth-order valence-electron chi connectivity index (χ4n) is 1.46. The van der Waals surface area contributed by atoms with Gasteiger partial charge in [-0.15, -0.1) is 0 Å². The minimum absolute atomic E-state index is 0.159. The van der Waals surface area contributed by atoms with E-state index >= 15 is 0 Å². The summed E-state index contributed by atoms with van der Waals surface area (Å²) in [6.45, 7) is 5.95. The Morgan fingerprint density at radius 1 is 1.33 bits per heavy atom. The molecule has 1 heterocycles. The highest BCUT2D eigenvalue weighted by molar-refractivity contribution is 5.76. The van der Waals surface area contributed by atoms with Gasteiger partial charge in [0.05, 0.1) is 17.4 Å². The fraction of sp³-hybridized carbons (Fsp3) is 0.417. The molecule has 0 bridgehead atoms. The van der Waals surface area contributed by atoms with Crippen molar-refractivity contribution < 1.29 is 4.39 Å². The van der Waals surface area contributed by atoms with Crippen LogP contribution in [0.3, 0.4) is 0 Å². The number of aromatic nitrogens is 2. The molecule has 2 nitrogen and oxygen atoms in total. The van der Waals surface area contributed by atoms with Gasteiger partial charge in [0, 0.05) is 13.1 Å². The van der Waals surface area contributed by atoms with Crippen LogP contribution in [0.4, 0.5) is 4.39 Å². The summed E-state index contributed by atoms with van der Waals surface area (Å²) in [5.74, 6) is -0.159. The molecule has 0 spiro atoms. The Labute approximate surface area is 89.7 Å². The van der Waals surface area contributed by atoms with Crippen molar-refractivity contribution in [1.29, 1.82) is 0 Å². The van der Waals surface area contributed by atoms with E-state index in [4.69, 9.17) is 0 Å².